The molecule has 5 nitrogen and oxygen atoms in total. The van der Waals surface area contributed by atoms with Gasteiger partial charge in [0.15, 0.2) is 0 Å². The van der Waals surface area contributed by atoms with Crippen LogP contribution in [0.15, 0.2) is 29.8 Å². The number of hydrogen-bond donors (Lipinski definition) is 2. The summed E-state index contributed by atoms with van der Waals surface area (Å²) in [6, 6.07) is 0.956. The van der Waals surface area contributed by atoms with Gasteiger partial charge in [-0.25, -0.2) is 0 Å². The van der Waals surface area contributed by atoms with Gasteiger partial charge in [-0.2, -0.15) is 8.42 Å². The van der Waals surface area contributed by atoms with Crippen molar-refractivity contribution >= 4 is 10.4 Å². The minimum atomic E-state index is -4.84. The first-order valence-electron chi connectivity index (χ1n) is 10.0. The molecular formula is C18H22O5S. The molecule has 3 aliphatic rings. The van der Waals surface area contributed by atoms with E-state index in [1.165, 1.54) is 6.07 Å². The highest BCUT2D eigenvalue weighted by Crippen LogP contribution is 2.59. The summed E-state index contributed by atoms with van der Waals surface area (Å²) in [6.45, 7) is 1.93. The molecule has 0 unspecified atom stereocenters. The van der Waals surface area contributed by atoms with Crippen molar-refractivity contribution < 1.29 is 27.7 Å². The molecule has 1 aromatic rings. The highest BCUT2D eigenvalue weighted by molar-refractivity contribution is 7.81. The second-order valence-corrected chi connectivity index (χ2v) is 8.08. The van der Waals surface area contributed by atoms with Gasteiger partial charge >= 0.3 is 10.4 Å². The molecule has 2 saturated carbocycles. The molecule has 6 heteroatoms. The lowest BCUT2D eigenvalue weighted by Crippen LogP contribution is -2.39. The van der Waals surface area contributed by atoms with Gasteiger partial charge in [-0.1, -0.05) is 24.6 Å². The Morgan fingerprint density at radius 2 is 2.25 bits per heavy atom. The number of aliphatic hydroxyl groups excluding tert-OH is 1. The first-order chi connectivity index (χ1) is 12.8. The first-order valence-corrected chi connectivity index (χ1v) is 9.39. The Kier molecular flexibility index (Phi) is 2.67. The molecule has 0 bridgehead atoms. The molecule has 130 valence electrons. The third kappa shape index (κ3) is 2.48. The quantitative estimate of drug-likeness (QED) is 0.630. The Morgan fingerprint density at radius 1 is 1.46 bits per heavy atom. The van der Waals surface area contributed by atoms with Crippen LogP contribution in [0.25, 0.3) is 0 Å². The van der Waals surface area contributed by atoms with Gasteiger partial charge < -0.3 is 9.29 Å². The lowest BCUT2D eigenvalue weighted by atomic mass is 9.59. The van der Waals surface area contributed by atoms with Crippen LogP contribution in [0, 0.1) is 11.3 Å². The van der Waals surface area contributed by atoms with Crippen molar-refractivity contribution in [3.05, 3.63) is 40.9 Å². The van der Waals surface area contributed by atoms with Crippen LogP contribution in [0.1, 0.15) is 55.1 Å². The molecule has 0 radical (unpaired) electrons. The molecule has 0 saturated heterocycles. The van der Waals surface area contributed by atoms with E-state index in [4.69, 9.17) is 10.0 Å². The zero-order valence-corrected chi connectivity index (χ0v) is 14.1. The van der Waals surface area contributed by atoms with Crippen molar-refractivity contribution in [3.8, 4) is 5.75 Å². The van der Waals surface area contributed by atoms with Gasteiger partial charge in [-0.05, 0) is 61.2 Å². The number of rotatable bonds is 2. The molecule has 3 aliphatic carbocycles. The van der Waals surface area contributed by atoms with Crippen LogP contribution in [-0.4, -0.2) is 24.2 Å². The maximum absolute atomic E-state index is 11.0. The number of allylic oxidation sites excluding steroid dienone is 2. The zero-order valence-electron chi connectivity index (χ0n) is 17.2. The van der Waals surface area contributed by atoms with Gasteiger partial charge in [-0.3, -0.25) is 4.55 Å². The fourth-order valence-electron chi connectivity index (χ4n) is 4.51. The third-order valence-electron chi connectivity index (χ3n) is 5.79. The molecule has 0 spiro atoms. The highest BCUT2D eigenvalue weighted by Gasteiger charge is 2.51. The first kappa shape index (κ1) is 12.1. The third-order valence-corrected chi connectivity index (χ3v) is 6.17. The summed E-state index contributed by atoms with van der Waals surface area (Å²) >= 11 is 0. The van der Waals surface area contributed by atoms with Crippen molar-refractivity contribution in [3.63, 3.8) is 0 Å². The second kappa shape index (κ2) is 5.31. The monoisotopic (exact) mass is 354 g/mol. The van der Waals surface area contributed by atoms with Crippen LogP contribution >= 0.6 is 0 Å². The van der Waals surface area contributed by atoms with Crippen LogP contribution in [0.4, 0.5) is 0 Å². The predicted octanol–water partition coefficient (Wildman–Crippen LogP) is 3.01. The number of fused-ring (bicyclic) bond motifs is 5. The molecular weight excluding hydrogens is 328 g/mol. The van der Waals surface area contributed by atoms with Gasteiger partial charge in [0.2, 0.25) is 0 Å². The zero-order chi connectivity index (χ0) is 20.6. The van der Waals surface area contributed by atoms with E-state index >= 15 is 0 Å². The van der Waals surface area contributed by atoms with E-state index in [1.807, 2.05) is 13.0 Å². The molecule has 0 aromatic heterocycles. The van der Waals surface area contributed by atoms with Gasteiger partial charge in [0.1, 0.15) is 5.75 Å². The molecule has 0 aliphatic heterocycles. The molecule has 2 N–H and O–H groups in total. The minimum absolute atomic E-state index is 0.101. The highest BCUT2D eigenvalue weighted by atomic mass is 32.3. The standard InChI is InChI=1S/C18H22O5S/c1-18-9-8-14-13-5-3-12(23-24(20,21)22)10-11(13)2-4-15(14)16(18)6-7-17(18)19/h3-5,10,14,16-17,19H,2,6-9H2,1H3,(H,20,21,22)/t14-,16+,17+,18+/m1/s1/i3D,7D2,10D. The smallest absolute Gasteiger partial charge is 0.393 e. The van der Waals surface area contributed by atoms with E-state index in [9.17, 15) is 13.5 Å². The minimum Gasteiger partial charge on any atom is -0.393 e. The van der Waals surface area contributed by atoms with E-state index in [0.29, 0.717) is 24.8 Å². The lowest BCUT2D eigenvalue weighted by Gasteiger charge is -2.46. The average molecular weight is 354 g/mol. The summed E-state index contributed by atoms with van der Waals surface area (Å²) in [6.07, 6.45) is 1.06. The Balaban J connectivity index is 1.77. The molecule has 0 heterocycles. The van der Waals surface area contributed by atoms with Gasteiger partial charge in [0.05, 0.1) is 8.85 Å². The van der Waals surface area contributed by atoms with Crippen molar-refractivity contribution in [2.75, 3.05) is 0 Å². The van der Waals surface area contributed by atoms with Crippen molar-refractivity contribution in [2.45, 2.75) is 51.0 Å². The Morgan fingerprint density at radius 3 is 3.00 bits per heavy atom. The Bertz CT molecular complexity index is 990. The Labute approximate surface area is 147 Å². The van der Waals surface area contributed by atoms with E-state index in [-0.39, 0.29) is 30.3 Å². The summed E-state index contributed by atoms with van der Waals surface area (Å²) in [4.78, 5) is 0. The normalized spacial score (nSPS) is 39.3. The fourth-order valence-corrected chi connectivity index (χ4v) is 4.81. The molecule has 4 atom stereocenters. The summed E-state index contributed by atoms with van der Waals surface area (Å²) in [5.74, 6) is -0.719. The lowest BCUT2D eigenvalue weighted by molar-refractivity contribution is 0.0267. The summed E-state index contributed by atoms with van der Waals surface area (Å²) in [5.41, 5.74) is 1.78. The second-order valence-electron chi connectivity index (χ2n) is 7.06. The SMILES string of the molecule is [2H]c1cc2c(c([2H])c1OS(=O)(=O)O)CC=C1[C@@H]2CC[C@@]2(C)[C@H]1CC([2H])([2H])[C@@H]2O. The number of benzene rings is 1. The maximum atomic E-state index is 11.0. The van der Waals surface area contributed by atoms with Crippen molar-refractivity contribution in [1.82, 2.24) is 0 Å². The van der Waals surface area contributed by atoms with Gasteiger partial charge in [0, 0.05) is 14.1 Å². The fraction of sp³-hybridized carbons (Fsp3) is 0.556. The maximum Gasteiger partial charge on any atom is 0.446 e. The topological polar surface area (TPSA) is 83.8 Å². The average Bonchev–Trinajstić information content (AvgIpc) is 2.77. The van der Waals surface area contributed by atoms with Gasteiger partial charge in [-0.15, -0.1) is 0 Å². The predicted molar refractivity (Wildman–Crippen MR) is 89.2 cm³/mol. The van der Waals surface area contributed by atoms with Crippen LogP contribution in [0.2, 0.25) is 0 Å². The van der Waals surface area contributed by atoms with E-state index in [0.717, 1.165) is 11.1 Å². The molecule has 2 fully saturated rings. The Hall–Kier alpha value is -1.37. The van der Waals surface area contributed by atoms with Crippen LogP contribution in [-0.2, 0) is 16.8 Å². The number of aliphatic hydroxyl groups is 1. The van der Waals surface area contributed by atoms with Crippen LogP contribution < -0.4 is 4.18 Å². The summed E-state index contributed by atoms with van der Waals surface area (Å²) in [5, 5.41) is 10.6. The summed E-state index contributed by atoms with van der Waals surface area (Å²) < 4.78 is 68.2. The van der Waals surface area contributed by atoms with Gasteiger partial charge in [0.25, 0.3) is 0 Å². The molecule has 1 aromatic carbocycles. The molecule has 24 heavy (non-hydrogen) atoms. The van der Waals surface area contributed by atoms with Crippen molar-refractivity contribution in [1.29, 1.82) is 0 Å². The molecule has 4 rings (SSSR count). The number of hydrogen-bond acceptors (Lipinski definition) is 4. The largest absolute Gasteiger partial charge is 0.446 e. The van der Waals surface area contributed by atoms with Crippen LogP contribution in [0.5, 0.6) is 5.75 Å². The van der Waals surface area contributed by atoms with E-state index in [2.05, 4.69) is 4.18 Å². The van der Waals surface area contributed by atoms with Crippen LogP contribution in [0.3, 0.4) is 0 Å². The van der Waals surface area contributed by atoms with E-state index in [1.54, 1.807) is 0 Å². The molecule has 0 amide bonds. The van der Waals surface area contributed by atoms with Crippen molar-refractivity contribution in [2.24, 2.45) is 11.3 Å². The van der Waals surface area contributed by atoms with E-state index < -0.39 is 34.0 Å². The summed E-state index contributed by atoms with van der Waals surface area (Å²) in [7, 11) is -4.84.